The molecule has 42 heavy (non-hydrogen) atoms. The molecule has 4 rings (SSSR count). The van der Waals surface area contributed by atoms with Crippen molar-refractivity contribution < 1.29 is 23.8 Å². The van der Waals surface area contributed by atoms with Crippen LogP contribution in [0.5, 0.6) is 5.88 Å². The van der Waals surface area contributed by atoms with Gasteiger partial charge in [0.25, 0.3) is 0 Å². The number of aromatic nitrogens is 2. The molecule has 5 atom stereocenters. The van der Waals surface area contributed by atoms with E-state index in [0.29, 0.717) is 18.2 Å². The van der Waals surface area contributed by atoms with Crippen LogP contribution in [0.1, 0.15) is 89.7 Å². The maximum Gasteiger partial charge on any atom is 0.408 e. The van der Waals surface area contributed by atoms with Crippen LogP contribution < -0.4 is 10.1 Å². The van der Waals surface area contributed by atoms with Crippen LogP contribution in [0.4, 0.5) is 4.79 Å². The lowest BCUT2D eigenvalue weighted by atomic mass is 9.85. The van der Waals surface area contributed by atoms with Crippen LogP contribution in [0.25, 0.3) is 6.08 Å². The number of aryl methyl sites for hydroxylation is 2. The summed E-state index contributed by atoms with van der Waals surface area (Å²) in [5, 5.41) is 11.3. The third-order valence-corrected chi connectivity index (χ3v) is 8.46. The molecule has 1 aliphatic carbocycles. The number of carbonyl (C=O) groups is 2. The fourth-order valence-corrected chi connectivity index (χ4v) is 5.75. The monoisotopic (exact) mass is 581 g/mol. The zero-order chi connectivity index (χ0) is 30.6. The lowest BCUT2D eigenvalue weighted by Gasteiger charge is -2.35. The van der Waals surface area contributed by atoms with E-state index >= 15 is 0 Å². The molecule has 2 amide bonds. The molecule has 1 aromatic rings. The van der Waals surface area contributed by atoms with Gasteiger partial charge in [0.2, 0.25) is 17.7 Å². The van der Waals surface area contributed by atoms with Crippen LogP contribution >= 0.6 is 0 Å². The number of nitrogens with zero attached hydrogens (tertiary/aromatic N) is 3. The minimum atomic E-state index is -0.857. The lowest BCUT2D eigenvalue weighted by Crippen LogP contribution is -2.57. The van der Waals surface area contributed by atoms with Crippen LogP contribution in [0.3, 0.4) is 0 Å². The average molecular weight is 582 g/mol. The number of nitrogens with one attached hydrogen (secondary N) is 2. The summed E-state index contributed by atoms with van der Waals surface area (Å²) in [6.45, 7) is 13.9. The van der Waals surface area contributed by atoms with Crippen LogP contribution in [-0.4, -0.2) is 70.7 Å². The molecule has 2 fully saturated rings. The number of alkyl carbamates (subject to hydrolysis) is 1. The van der Waals surface area contributed by atoms with Gasteiger partial charge in [-0.05, 0) is 62.0 Å². The van der Waals surface area contributed by atoms with Gasteiger partial charge in [-0.25, -0.2) is 9.78 Å². The first kappa shape index (κ1) is 31.5. The molecule has 2 bridgehead atoms. The van der Waals surface area contributed by atoms with Crippen molar-refractivity contribution in [3.8, 4) is 5.88 Å². The molecule has 3 aliphatic rings. The van der Waals surface area contributed by atoms with Crippen molar-refractivity contribution in [2.24, 2.45) is 11.3 Å². The van der Waals surface area contributed by atoms with Gasteiger partial charge < -0.3 is 24.4 Å². The van der Waals surface area contributed by atoms with Crippen LogP contribution in [-0.2, 0) is 20.7 Å². The van der Waals surface area contributed by atoms with Crippen molar-refractivity contribution in [2.45, 2.75) is 110 Å². The normalized spacial score (nSPS) is 27.3. The molecular formula is C32H47N5O5. The van der Waals surface area contributed by atoms with E-state index in [1.165, 1.54) is 7.11 Å². The molecule has 5 unspecified atom stereocenters. The van der Waals surface area contributed by atoms with Gasteiger partial charge in [0.15, 0.2) is 0 Å². The molecule has 230 valence electrons. The Morgan fingerprint density at radius 3 is 2.62 bits per heavy atom. The molecule has 1 aromatic heterocycles. The summed E-state index contributed by atoms with van der Waals surface area (Å²) >= 11 is 0. The Morgan fingerprint density at radius 2 is 1.95 bits per heavy atom. The second kappa shape index (κ2) is 13.3. The first-order chi connectivity index (χ1) is 19.9. The highest BCUT2D eigenvalue weighted by Crippen LogP contribution is 2.39. The number of ether oxygens (including phenoxy) is 3. The largest absolute Gasteiger partial charge is 0.483 e. The van der Waals surface area contributed by atoms with Crippen LogP contribution in [0.15, 0.2) is 18.2 Å². The summed E-state index contributed by atoms with van der Waals surface area (Å²) in [5.41, 5.74) is 2.82. The van der Waals surface area contributed by atoms with E-state index in [2.05, 4.69) is 18.8 Å². The summed E-state index contributed by atoms with van der Waals surface area (Å²) in [6, 6.07) is -1.50. The van der Waals surface area contributed by atoms with E-state index in [9.17, 15) is 9.59 Å². The SMILES string of the molecule is C=CC(=Cc1nc2c(nc1C)CCCCCC1CC1OC(=O)NC(C(C)(C)C)C(=O)N1CC(CC1C(=N)OC)O2)CC. The zero-order valence-corrected chi connectivity index (χ0v) is 26.0. The van der Waals surface area contributed by atoms with Crippen LogP contribution in [0.2, 0.25) is 0 Å². The van der Waals surface area contributed by atoms with Gasteiger partial charge in [-0.2, -0.15) is 0 Å². The maximum atomic E-state index is 14.0. The molecule has 0 radical (unpaired) electrons. The van der Waals surface area contributed by atoms with Gasteiger partial charge in [-0.15, -0.1) is 0 Å². The number of fused-ring (bicyclic) bond motifs is 4. The highest BCUT2D eigenvalue weighted by molar-refractivity contribution is 5.91. The van der Waals surface area contributed by atoms with Crippen molar-refractivity contribution >= 4 is 24.0 Å². The second-order valence-corrected chi connectivity index (χ2v) is 12.8. The number of hydrogen-bond acceptors (Lipinski definition) is 8. The summed E-state index contributed by atoms with van der Waals surface area (Å²) < 4.78 is 17.5. The van der Waals surface area contributed by atoms with Crippen molar-refractivity contribution in [2.75, 3.05) is 13.7 Å². The van der Waals surface area contributed by atoms with Gasteiger partial charge >= 0.3 is 6.09 Å². The molecule has 0 aromatic carbocycles. The van der Waals surface area contributed by atoms with E-state index in [1.54, 1.807) is 4.90 Å². The smallest absolute Gasteiger partial charge is 0.408 e. The molecule has 0 spiro atoms. The van der Waals surface area contributed by atoms with Gasteiger partial charge in [0.1, 0.15) is 30.0 Å². The number of rotatable bonds is 4. The Bertz CT molecular complexity index is 1220. The molecule has 1 saturated carbocycles. The maximum absolute atomic E-state index is 14.0. The second-order valence-electron chi connectivity index (χ2n) is 12.8. The quantitative estimate of drug-likeness (QED) is 0.278. The summed E-state index contributed by atoms with van der Waals surface area (Å²) in [6.07, 6.45) is 9.44. The minimum absolute atomic E-state index is 0.0335. The van der Waals surface area contributed by atoms with E-state index in [-0.39, 0.29) is 24.5 Å². The van der Waals surface area contributed by atoms with E-state index in [0.717, 1.165) is 67.6 Å². The fourth-order valence-electron chi connectivity index (χ4n) is 5.75. The van der Waals surface area contributed by atoms with Crippen molar-refractivity contribution in [3.63, 3.8) is 0 Å². The average Bonchev–Trinajstić information content (AvgIpc) is 3.53. The lowest BCUT2D eigenvalue weighted by molar-refractivity contribution is -0.136. The molecule has 10 heteroatoms. The van der Waals surface area contributed by atoms with Gasteiger partial charge in [0, 0.05) is 6.42 Å². The molecule has 2 aliphatic heterocycles. The van der Waals surface area contributed by atoms with E-state index in [4.69, 9.17) is 29.6 Å². The summed E-state index contributed by atoms with van der Waals surface area (Å²) in [4.78, 5) is 38.4. The third kappa shape index (κ3) is 7.50. The molecule has 2 N–H and O–H groups in total. The Hall–Kier alpha value is -3.43. The Morgan fingerprint density at radius 1 is 1.19 bits per heavy atom. The minimum Gasteiger partial charge on any atom is -0.483 e. The summed E-state index contributed by atoms with van der Waals surface area (Å²) in [5.74, 6) is 0.483. The summed E-state index contributed by atoms with van der Waals surface area (Å²) in [7, 11) is 1.43. The van der Waals surface area contributed by atoms with Gasteiger partial charge in [0.05, 0.1) is 25.0 Å². The first-order valence-corrected chi connectivity index (χ1v) is 15.2. The predicted octanol–water partition coefficient (Wildman–Crippen LogP) is 5.38. The number of methoxy groups -OCH3 is 1. The van der Waals surface area contributed by atoms with Crippen molar-refractivity contribution in [3.05, 3.63) is 35.3 Å². The van der Waals surface area contributed by atoms with Crippen molar-refractivity contribution in [1.82, 2.24) is 20.2 Å². The van der Waals surface area contributed by atoms with Crippen molar-refractivity contribution in [1.29, 1.82) is 5.41 Å². The topological polar surface area (TPSA) is 127 Å². The molecule has 10 nitrogen and oxygen atoms in total. The third-order valence-electron chi connectivity index (χ3n) is 8.46. The first-order valence-electron chi connectivity index (χ1n) is 15.2. The fraction of sp³-hybridized carbons (Fsp3) is 0.656. The predicted molar refractivity (Wildman–Crippen MR) is 161 cm³/mol. The highest BCUT2D eigenvalue weighted by atomic mass is 16.6. The van der Waals surface area contributed by atoms with Gasteiger partial charge in [-0.1, -0.05) is 53.2 Å². The molecule has 1 saturated heterocycles. The van der Waals surface area contributed by atoms with E-state index < -0.39 is 29.7 Å². The number of amides is 2. The molecular weight excluding hydrogens is 534 g/mol. The Balaban J connectivity index is 1.70. The van der Waals surface area contributed by atoms with Gasteiger partial charge in [-0.3, -0.25) is 15.2 Å². The standard InChI is InChI=1S/C32H47N5O5/c1-8-20(9-2)15-24-19(3)34-23-14-12-10-11-13-21-16-26(21)42-31(39)36-27(32(4,5)6)30(38)37-18-22(41-29(23)35-24)17-25(37)28(33)40-7/h8,15,21-22,25-27,33H,1,9-14,16-18H2,2-7H3,(H,36,39). The Labute approximate surface area is 249 Å². The number of carbonyl (C=O) groups excluding carboxylic acids is 2. The van der Waals surface area contributed by atoms with E-state index in [1.807, 2.05) is 39.8 Å². The number of allylic oxidation sites excluding steroid dienone is 2. The van der Waals surface area contributed by atoms with Crippen LogP contribution in [0, 0.1) is 23.7 Å². The highest BCUT2D eigenvalue weighted by Gasteiger charge is 2.46. The zero-order valence-electron chi connectivity index (χ0n) is 26.0. The Kier molecular flexibility index (Phi) is 9.94. The number of hydrogen-bond donors (Lipinski definition) is 2. The molecule has 3 heterocycles.